The summed E-state index contributed by atoms with van der Waals surface area (Å²) in [6, 6.07) is 9.38. The number of amides is 1. The minimum absolute atomic E-state index is 0.171. The molecule has 9 nitrogen and oxygen atoms in total. The van der Waals surface area contributed by atoms with Crippen molar-refractivity contribution < 1.29 is 13.7 Å². The second kappa shape index (κ2) is 7.47. The van der Waals surface area contributed by atoms with E-state index in [0.29, 0.717) is 41.8 Å². The van der Waals surface area contributed by atoms with Crippen LogP contribution in [0.1, 0.15) is 16.2 Å². The molecule has 0 radical (unpaired) electrons. The van der Waals surface area contributed by atoms with Gasteiger partial charge in [0.25, 0.3) is 11.9 Å². The molecule has 9 heteroatoms. The Morgan fingerprint density at radius 2 is 1.96 bits per heavy atom. The summed E-state index contributed by atoms with van der Waals surface area (Å²) in [7, 11) is 3.73. The number of carbonyl (C=O) groups excluding carboxylic acids is 1. The number of hydrogen-bond donors (Lipinski definition) is 1. The molecule has 0 aliphatic carbocycles. The molecule has 0 saturated heterocycles. The fraction of sp³-hybridized carbons (Fsp3) is 0.211. The van der Waals surface area contributed by atoms with Crippen molar-refractivity contribution in [3.63, 3.8) is 0 Å². The highest BCUT2D eigenvalue weighted by molar-refractivity contribution is 5.93. The fourth-order valence-corrected chi connectivity index (χ4v) is 2.61. The molecule has 4 rings (SSSR count). The molecule has 0 aliphatic rings. The van der Waals surface area contributed by atoms with Gasteiger partial charge in [0.05, 0.1) is 0 Å². The summed E-state index contributed by atoms with van der Waals surface area (Å²) < 4.78 is 10.9. The van der Waals surface area contributed by atoms with Gasteiger partial charge in [0.2, 0.25) is 11.7 Å². The third-order valence-electron chi connectivity index (χ3n) is 4.05. The number of fused-ring (bicyclic) bond motifs is 1. The molecule has 142 valence electrons. The molecule has 0 spiro atoms. The van der Waals surface area contributed by atoms with E-state index in [-0.39, 0.29) is 5.91 Å². The van der Waals surface area contributed by atoms with Crippen molar-refractivity contribution in [3.8, 4) is 11.4 Å². The van der Waals surface area contributed by atoms with E-state index in [0.717, 1.165) is 11.1 Å². The van der Waals surface area contributed by atoms with E-state index in [9.17, 15) is 4.79 Å². The number of oxazole rings is 1. The van der Waals surface area contributed by atoms with Gasteiger partial charge < -0.3 is 19.2 Å². The predicted molar refractivity (Wildman–Crippen MR) is 102 cm³/mol. The first-order valence-corrected chi connectivity index (χ1v) is 8.69. The van der Waals surface area contributed by atoms with Crippen LogP contribution in [0.25, 0.3) is 22.5 Å². The van der Waals surface area contributed by atoms with Gasteiger partial charge in [-0.25, -0.2) is 0 Å². The largest absolute Gasteiger partial charge is 0.423 e. The molecule has 3 aromatic heterocycles. The quantitative estimate of drug-likeness (QED) is 0.544. The average Bonchev–Trinajstić information content (AvgIpc) is 3.35. The summed E-state index contributed by atoms with van der Waals surface area (Å²) in [4.78, 5) is 26.5. The lowest BCUT2D eigenvalue weighted by Crippen LogP contribution is -2.25. The molecule has 1 N–H and O–H groups in total. The highest BCUT2D eigenvalue weighted by Gasteiger charge is 2.13. The summed E-state index contributed by atoms with van der Waals surface area (Å²) in [6.45, 7) is 0.386. The lowest BCUT2D eigenvalue weighted by molar-refractivity contribution is 0.0953. The van der Waals surface area contributed by atoms with E-state index < -0.39 is 0 Å². The summed E-state index contributed by atoms with van der Waals surface area (Å²) in [5.41, 5.74) is 2.74. The number of nitrogens with one attached hydrogen (secondary N) is 1. The van der Waals surface area contributed by atoms with E-state index >= 15 is 0 Å². The van der Waals surface area contributed by atoms with Crippen LogP contribution in [0.15, 0.2) is 51.7 Å². The van der Waals surface area contributed by atoms with Gasteiger partial charge >= 0.3 is 0 Å². The Balaban J connectivity index is 1.41. The van der Waals surface area contributed by atoms with Crippen LogP contribution in [0.4, 0.5) is 6.01 Å². The molecule has 0 atom stereocenters. The summed E-state index contributed by atoms with van der Waals surface area (Å²) in [5, 5.41) is 6.83. The Morgan fingerprint density at radius 3 is 2.75 bits per heavy atom. The van der Waals surface area contributed by atoms with Crippen LogP contribution in [0.2, 0.25) is 0 Å². The van der Waals surface area contributed by atoms with Crippen molar-refractivity contribution in [2.75, 3.05) is 25.5 Å². The minimum Gasteiger partial charge on any atom is -0.423 e. The molecule has 0 aliphatic heterocycles. The molecule has 28 heavy (non-hydrogen) atoms. The highest BCUT2D eigenvalue weighted by atomic mass is 16.5. The van der Waals surface area contributed by atoms with Gasteiger partial charge in [0, 0.05) is 50.6 Å². The normalized spacial score (nSPS) is 10.9. The third kappa shape index (κ3) is 3.68. The Bertz CT molecular complexity index is 1100. The number of pyridine rings is 1. The van der Waals surface area contributed by atoms with Gasteiger partial charge in [-0.2, -0.15) is 9.97 Å². The van der Waals surface area contributed by atoms with Crippen molar-refractivity contribution >= 4 is 23.0 Å². The van der Waals surface area contributed by atoms with E-state index in [4.69, 9.17) is 8.94 Å². The highest BCUT2D eigenvalue weighted by Crippen LogP contribution is 2.25. The molecule has 0 unspecified atom stereocenters. The van der Waals surface area contributed by atoms with Gasteiger partial charge in [-0.1, -0.05) is 5.16 Å². The first kappa shape index (κ1) is 17.7. The van der Waals surface area contributed by atoms with E-state index in [1.165, 1.54) is 0 Å². The van der Waals surface area contributed by atoms with Crippen molar-refractivity contribution in [3.05, 3.63) is 54.2 Å². The lowest BCUT2D eigenvalue weighted by atomic mass is 10.2. The predicted octanol–water partition coefficient (Wildman–Crippen LogP) is 2.31. The Kier molecular flexibility index (Phi) is 4.71. The second-order valence-corrected chi connectivity index (χ2v) is 6.33. The fourth-order valence-electron chi connectivity index (χ4n) is 2.61. The summed E-state index contributed by atoms with van der Waals surface area (Å²) in [5.74, 6) is 0.737. The standard InChI is InChI=1S/C19H18N6O3/c1-25(2)19-22-14-11-13(3-4-15(14)27-19)17-23-16(28-24-17)7-10-21-18(26)12-5-8-20-9-6-12/h3-6,8-9,11H,7,10H2,1-2H3,(H,21,26). The number of rotatable bonds is 6. The first-order valence-electron chi connectivity index (χ1n) is 8.69. The topological polar surface area (TPSA) is 110 Å². The van der Waals surface area contributed by atoms with Crippen LogP contribution in [0.5, 0.6) is 0 Å². The van der Waals surface area contributed by atoms with Gasteiger partial charge in [-0.05, 0) is 30.3 Å². The smallest absolute Gasteiger partial charge is 0.297 e. The zero-order valence-electron chi connectivity index (χ0n) is 15.4. The number of nitrogens with zero attached hydrogens (tertiary/aromatic N) is 5. The number of anilines is 1. The van der Waals surface area contributed by atoms with Crippen LogP contribution in [0, 0.1) is 0 Å². The molecule has 1 aromatic carbocycles. The Morgan fingerprint density at radius 1 is 1.14 bits per heavy atom. The van der Waals surface area contributed by atoms with Gasteiger partial charge in [0.1, 0.15) is 5.52 Å². The SMILES string of the molecule is CN(C)c1nc2cc(-c3noc(CCNC(=O)c4ccncc4)n3)ccc2o1. The lowest BCUT2D eigenvalue weighted by Gasteiger charge is -2.03. The maximum absolute atomic E-state index is 12.0. The van der Waals surface area contributed by atoms with Crippen LogP contribution >= 0.6 is 0 Å². The first-order chi connectivity index (χ1) is 13.6. The van der Waals surface area contributed by atoms with Crippen molar-refractivity contribution in [2.45, 2.75) is 6.42 Å². The van der Waals surface area contributed by atoms with E-state index in [2.05, 4.69) is 25.4 Å². The number of carbonyl (C=O) groups is 1. The maximum atomic E-state index is 12.0. The molecule has 0 fully saturated rings. The molecular weight excluding hydrogens is 360 g/mol. The maximum Gasteiger partial charge on any atom is 0.297 e. The second-order valence-electron chi connectivity index (χ2n) is 6.33. The van der Waals surface area contributed by atoms with Crippen LogP contribution < -0.4 is 10.2 Å². The van der Waals surface area contributed by atoms with Crippen LogP contribution in [0.3, 0.4) is 0 Å². The zero-order valence-corrected chi connectivity index (χ0v) is 15.4. The molecule has 0 bridgehead atoms. The number of hydrogen-bond acceptors (Lipinski definition) is 8. The molecule has 4 aromatic rings. The molecule has 1 amide bonds. The summed E-state index contributed by atoms with van der Waals surface area (Å²) >= 11 is 0. The molecule has 3 heterocycles. The van der Waals surface area contributed by atoms with Crippen molar-refractivity contribution in [2.24, 2.45) is 0 Å². The zero-order chi connectivity index (χ0) is 19.5. The van der Waals surface area contributed by atoms with Gasteiger partial charge in [-0.15, -0.1) is 0 Å². The summed E-state index contributed by atoms with van der Waals surface area (Å²) in [6.07, 6.45) is 3.58. The monoisotopic (exact) mass is 378 g/mol. The average molecular weight is 378 g/mol. The van der Waals surface area contributed by atoms with Crippen LogP contribution in [-0.2, 0) is 6.42 Å². The van der Waals surface area contributed by atoms with E-state index in [1.54, 1.807) is 29.4 Å². The molecule has 0 saturated carbocycles. The Labute approximate surface area is 160 Å². The van der Waals surface area contributed by atoms with Crippen molar-refractivity contribution in [1.82, 2.24) is 25.4 Å². The van der Waals surface area contributed by atoms with Crippen molar-refractivity contribution in [1.29, 1.82) is 0 Å². The third-order valence-corrected chi connectivity index (χ3v) is 4.05. The minimum atomic E-state index is -0.171. The number of aromatic nitrogens is 4. The van der Waals surface area contributed by atoms with Crippen LogP contribution in [-0.4, -0.2) is 46.7 Å². The van der Waals surface area contributed by atoms with E-state index in [1.807, 2.05) is 32.3 Å². The Hall–Kier alpha value is -3.75. The molecular formula is C19H18N6O3. The van der Waals surface area contributed by atoms with Gasteiger partial charge in [0.15, 0.2) is 5.58 Å². The number of benzene rings is 1. The van der Waals surface area contributed by atoms with Gasteiger partial charge in [-0.3, -0.25) is 9.78 Å².